The van der Waals surface area contributed by atoms with E-state index in [4.69, 9.17) is 9.05 Å². The number of aryl methyl sites for hydroxylation is 1. The van der Waals surface area contributed by atoms with Crippen LogP contribution in [0.4, 0.5) is 0 Å². The van der Waals surface area contributed by atoms with Crippen LogP contribution in [0.2, 0.25) is 0 Å². The first kappa shape index (κ1) is 11.1. The van der Waals surface area contributed by atoms with Gasteiger partial charge in [-0.15, -0.1) is 0 Å². The normalized spacial score (nSPS) is 30.7. The Labute approximate surface area is 92.5 Å². The van der Waals surface area contributed by atoms with Crippen LogP contribution >= 0.6 is 8.38 Å². The molecule has 1 saturated heterocycles. The van der Waals surface area contributed by atoms with E-state index in [9.17, 15) is 0 Å². The number of rotatable bonds is 2. The summed E-state index contributed by atoms with van der Waals surface area (Å²) in [5.74, 6) is 0. The Bertz CT molecular complexity index is 336. The summed E-state index contributed by atoms with van der Waals surface area (Å²) in [5, 5.41) is 1.17. The van der Waals surface area contributed by atoms with Gasteiger partial charge in [-0.25, -0.2) is 0 Å². The second-order valence-corrected chi connectivity index (χ2v) is 5.73. The van der Waals surface area contributed by atoms with Crippen LogP contribution in [0.15, 0.2) is 24.3 Å². The van der Waals surface area contributed by atoms with Crippen molar-refractivity contribution in [3.63, 3.8) is 0 Å². The Morgan fingerprint density at radius 3 is 2.53 bits per heavy atom. The van der Waals surface area contributed by atoms with Crippen molar-refractivity contribution < 1.29 is 9.05 Å². The minimum Gasteiger partial charge on any atom is -0.328 e. The first-order valence-corrected chi connectivity index (χ1v) is 6.49. The topological polar surface area (TPSA) is 18.5 Å². The fourth-order valence-electron chi connectivity index (χ4n) is 1.41. The molecule has 0 bridgehead atoms. The van der Waals surface area contributed by atoms with Crippen molar-refractivity contribution >= 4 is 13.7 Å². The molecule has 82 valence electrons. The monoisotopic (exact) mass is 224 g/mol. The van der Waals surface area contributed by atoms with Crippen molar-refractivity contribution in [2.75, 3.05) is 6.61 Å². The molecule has 1 heterocycles. The minimum absolute atomic E-state index is 0.0867. The third kappa shape index (κ3) is 2.39. The van der Waals surface area contributed by atoms with E-state index >= 15 is 0 Å². The SMILES string of the molecule is CCC1(C)COP(c2ccc(C)cc2)O1. The van der Waals surface area contributed by atoms with E-state index in [0.717, 1.165) is 6.42 Å². The van der Waals surface area contributed by atoms with Gasteiger partial charge in [-0.1, -0.05) is 24.6 Å². The summed E-state index contributed by atoms with van der Waals surface area (Å²) in [5.41, 5.74) is 1.18. The predicted molar refractivity (Wildman–Crippen MR) is 63.5 cm³/mol. The molecule has 2 nitrogen and oxygen atoms in total. The highest BCUT2D eigenvalue weighted by Crippen LogP contribution is 2.49. The number of hydrogen-bond donors (Lipinski definition) is 0. The van der Waals surface area contributed by atoms with Gasteiger partial charge in [0, 0.05) is 5.30 Å². The molecule has 1 aromatic rings. The fourth-order valence-corrected chi connectivity index (χ4v) is 3.08. The van der Waals surface area contributed by atoms with Gasteiger partial charge in [-0.05, 0) is 32.4 Å². The lowest BCUT2D eigenvalue weighted by Gasteiger charge is -2.19. The molecule has 2 rings (SSSR count). The van der Waals surface area contributed by atoms with Gasteiger partial charge >= 0.3 is 0 Å². The summed E-state index contributed by atoms with van der Waals surface area (Å²) in [6.07, 6.45) is 0.998. The van der Waals surface area contributed by atoms with Crippen molar-refractivity contribution in [1.29, 1.82) is 0 Å². The summed E-state index contributed by atoms with van der Waals surface area (Å²) in [4.78, 5) is 0. The van der Waals surface area contributed by atoms with Gasteiger partial charge in [-0.2, -0.15) is 0 Å². The number of hydrogen-bond acceptors (Lipinski definition) is 2. The van der Waals surface area contributed by atoms with Gasteiger partial charge in [0.15, 0.2) is 0 Å². The van der Waals surface area contributed by atoms with Crippen LogP contribution in [0.1, 0.15) is 25.8 Å². The van der Waals surface area contributed by atoms with Crippen molar-refractivity contribution in [1.82, 2.24) is 0 Å². The van der Waals surface area contributed by atoms with Crippen LogP contribution < -0.4 is 5.30 Å². The summed E-state index contributed by atoms with van der Waals surface area (Å²) in [7, 11) is -0.846. The molecule has 1 aliphatic heterocycles. The van der Waals surface area contributed by atoms with Crippen LogP contribution in [0.25, 0.3) is 0 Å². The van der Waals surface area contributed by atoms with Crippen molar-refractivity contribution in [3.05, 3.63) is 29.8 Å². The molecule has 0 radical (unpaired) electrons. The maximum absolute atomic E-state index is 5.97. The maximum Gasteiger partial charge on any atom is 0.205 e. The largest absolute Gasteiger partial charge is 0.328 e. The van der Waals surface area contributed by atoms with E-state index in [-0.39, 0.29) is 5.60 Å². The van der Waals surface area contributed by atoms with Gasteiger partial charge in [0.1, 0.15) is 0 Å². The third-order valence-electron chi connectivity index (χ3n) is 2.78. The van der Waals surface area contributed by atoms with Crippen molar-refractivity contribution in [2.45, 2.75) is 32.8 Å². The Hall–Kier alpha value is -0.430. The molecule has 0 amide bonds. The molecule has 1 aromatic carbocycles. The average Bonchev–Trinajstić information content (AvgIpc) is 2.63. The molecular weight excluding hydrogens is 207 g/mol. The van der Waals surface area contributed by atoms with Crippen LogP contribution in [0, 0.1) is 6.92 Å². The van der Waals surface area contributed by atoms with Gasteiger partial charge in [0.25, 0.3) is 0 Å². The molecule has 0 N–H and O–H groups in total. The van der Waals surface area contributed by atoms with Crippen LogP contribution in [-0.2, 0) is 9.05 Å². The molecule has 2 atom stereocenters. The Balaban J connectivity index is 2.11. The van der Waals surface area contributed by atoms with Gasteiger partial charge in [0.2, 0.25) is 8.38 Å². The average molecular weight is 224 g/mol. The molecule has 0 aromatic heterocycles. The standard InChI is InChI=1S/C12H17O2P/c1-4-12(3)9-13-15(14-12)11-7-5-10(2)6-8-11/h5-8H,4,9H2,1-3H3. The molecule has 0 spiro atoms. The zero-order chi connectivity index (χ0) is 10.9. The quantitative estimate of drug-likeness (QED) is 0.718. The highest BCUT2D eigenvalue weighted by atomic mass is 31.2. The Morgan fingerprint density at radius 1 is 1.33 bits per heavy atom. The molecule has 2 unspecified atom stereocenters. The fraction of sp³-hybridized carbons (Fsp3) is 0.500. The predicted octanol–water partition coefficient (Wildman–Crippen LogP) is 3.15. The summed E-state index contributed by atoms with van der Waals surface area (Å²) < 4.78 is 11.7. The zero-order valence-corrected chi connectivity index (χ0v) is 10.4. The van der Waals surface area contributed by atoms with Crippen LogP contribution in [0.3, 0.4) is 0 Å². The molecule has 0 aliphatic carbocycles. The summed E-state index contributed by atoms with van der Waals surface area (Å²) >= 11 is 0. The van der Waals surface area contributed by atoms with E-state index in [0.29, 0.717) is 6.61 Å². The zero-order valence-electron chi connectivity index (χ0n) is 9.49. The van der Waals surface area contributed by atoms with E-state index in [1.165, 1.54) is 10.9 Å². The Morgan fingerprint density at radius 2 is 2.00 bits per heavy atom. The third-order valence-corrected chi connectivity index (χ3v) is 4.47. The van der Waals surface area contributed by atoms with Crippen molar-refractivity contribution in [3.8, 4) is 0 Å². The first-order chi connectivity index (χ1) is 7.13. The van der Waals surface area contributed by atoms with Gasteiger partial charge in [0.05, 0.1) is 12.2 Å². The second kappa shape index (κ2) is 4.21. The molecule has 15 heavy (non-hydrogen) atoms. The van der Waals surface area contributed by atoms with E-state index in [1.54, 1.807) is 0 Å². The lowest BCUT2D eigenvalue weighted by molar-refractivity contribution is 0.115. The van der Waals surface area contributed by atoms with Gasteiger partial charge in [-0.3, -0.25) is 0 Å². The molecular formula is C12H17O2P. The van der Waals surface area contributed by atoms with Crippen LogP contribution in [-0.4, -0.2) is 12.2 Å². The first-order valence-electron chi connectivity index (χ1n) is 5.32. The molecule has 1 aliphatic rings. The number of benzene rings is 1. The lowest BCUT2D eigenvalue weighted by Crippen LogP contribution is -2.25. The second-order valence-electron chi connectivity index (χ2n) is 4.26. The highest BCUT2D eigenvalue weighted by molar-refractivity contribution is 7.56. The summed E-state index contributed by atoms with van der Waals surface area (Å²) in [6, 6.07) is 8.41. The highest BCUT2D eigenvalue weighted by Gasteiger charge is 2.37. The molecule has 0 saturated carbocycles. The van der Waals surface area contributed by atoms with Gasteiger partial charge < -0.3 is 9.05 Å². The molecule has 3 heteroatoms. The van der Waals surface area contributed by atoms with Crippen LogP contribution in [0.5, 0.6) is 0 Å². The summed E-state index contributed by atoms with van der Waals surface area (Å²) in [6.45, 7) is 7.05. The van der Waals surface area contributed by atoms with Crippen molar-refractivity contribution in [2.24, 2.45) is 0 Å². The van der Waals surface area contributed by atoms with E-state index in [1.807, 2.05) is 0 Å². The van der Waals surface area contributed by atoms with E-state index in [2.05, 4.69) is 45.0 Å². The Kier molecular flexibility index (Phi) is 3.11. The maximum atomic E-state index is 5.97. The van der Waals surface area contributed by atoms with E-state index < -0.39 is 8.38 Å². The smallest absolute Gasteiger partial charge is 0.205 e. The molecule has 1 fully saturated rings. The minimum atomic E-state index is -0.846. The lowest BCUT2D eigenvalue weighted by atomic mass is 10.1.